The molecule has 0 heterocycles. The van der Waals surface area contributed by atoms with Crippen molar-refractivity contribution in [3.05, 3.63) is 95.8 Å². The van der Waals surface area contributed by atoms with Crippen molar-refractivity contribution in [3.8, 4) is 6.07 Å². The van der Waals surface area contributed by atoms with E-state index in [1.54, 1.807) is 43.4 Å². The zero-order valence-corrected chi connectivity index (χ0v) is 19.0. The first kappa shape index (κ1) is 24.6. The summed E-state index contributed by atoms with van der Waals surface area (Å²) in [6.45, 7) is 4.08. The molecule has 6 nitrogen and oxygen atoms in total. The van der Waals surface area contributed by atoms with E-state index in [9.17, 15) is 9.59 Å². The second-order valence-corrected chi connectivity index (χ2v) is 7.95. The number of benzene rings is 3. The third-order valence-electron chi connectivity index (χ3n) is 5.64. The van der Waals surface area contributed by atoms with Crippen LogP contribution >= 0.6 is 0 Å². The van der Waals surface area contributed by atoms with Crippen molar-refractivity contribution in [1.29, 1.82) is 5.26 Å². The molecular formula is C27H27FN4O2. The Labute approximate surface area is 198 Å². The van der Waals surface area contributed by atoms with Crippen molar-refractivity contribution in [2.24, 2.45) is 0 Å². The van der Waals surface area contributed by atoms with Gasteiger partial charge in [-0.15, -0.1) is 0 Å². The van der Waals surface area contributed by atoms with Gasteiger partial charge in [-0.1, -0.05) is 61.2 Å². The number of amides is 2. The first-order valence-corrected chi connectivity index (χ1v) is 11.0. The van der Waals surface area contributed by atoms with Crippen LogP contribution < -0.4 is 16.0 Å². The fourth-order valence-electron chi connectivity index (χ4n) is 3.70. The molecule has 3 N–H and O–H groups in total. The molecule has 3 aromatic rings. The number of halogens is 1. The summed E-state index contributed by atoms with van der Waals surface area (Å²) in [6, 6.07) is 19.9. The van der Waals surface area contributed by atoms with Gasteiger partial charge in [-0.2, -0.15) is 5.26 Å². The molecule has 34 heavy (non-hydrogen) atoms. The van der Waals surface area contributed by atoms with Gasteiger partial charge in [0, 0.05) is 23.1 Å². The van der Waals surface area contributed by atoms with Gasteiger partial charge in [0.05, 0.1) is 18.2 Å². The Bertz CT molecular complexity index is 1240. The van der Waals surface area contributed by atoms with Gasteiger partial charge in [0.2, 0.25) is 5.91 Å². The number of fused-ring (bicyclic) bond motifs is 1. The zero-order valence-electron chi connectivity index (χ0n) is 19.0. The van der Waals surface area contributed by atoms with Crippen molar-refractivity contribution < 1.29 is 14.0 Å². The Morgan fingerprint density at radius 1 is 1.12 bits per heavy atom. The number of carbonyl (C=O) groups is 2. The summed E-state index contributed by atoms with van der Waals surface area (Å²) in [6.07, 6.45) is 2.55. The Morgan fingerprint density at radius 2 is 1.82 bits per heavy atom. The molecule has 1 aliphatic rings. The number of rotatable bonds is 7. The molecule has 1 fully saturated rings. The minimum Gasteiger partial charge on any atom is -0.348 e. The van der Waals surface area contributed by atoms with Crippen LogP contribution in [0.3, 0.4) is 0 Å². The van der Waals surface area contributed by atoms with E-state index in [1.165, 1.54) is 6.08 Å². The first-order chi connectivity index (χ1) is 16.5. The van der Waals surface area contributed by atoms with Crippen molar-refractivity contribution in [2.45, 2.75) is 24.9 Å². The van der Waals surface area contributed by atoms with E-state index in [-0.39, 0.29) is 24.2 Å². The lowest BCUT2D eigenvalue weighted by Crippen LogP contribution is -2.36. The summed E-state index contributed by atoms with van der Waals surface area (Å²) in [7, 11) is 1.74. The number of nitrogens with zero attached hydrogens (tertiary/aromatic N) is 1. The lowest BCUT2D eigenvalue weighted by Gasteiger charge is -2.21. The average molecular weight is 459 g/mol. The van der Waals surface area contributed by atoms with Crippen LogP contribution in [0.4, 0.5) is 4.39 Å². The summed E-state index contributed by atoms with van der Waals surface area (Å²) in [5.41, 5.74) is 0.976. The molecule has 0 radical (unpaired) electrons. The molecule has 4 rings (SSSR count). The largest absolute Gasteiger partial charge is 0.348 e. The standard InChI is InChI=1S/C24H21FN2O2.C3H6N2/c1-2-21(28)26-15-17-8-4-6-10-19(17)23(29)27-24(13-14-24)20-12-11-16-7-3-5-9-18(16)22(20)25;1-5-3-2-4/h2-12H,1,13-15H2,(H,26,28)(H,27,29);5H,3H2,1H3. The van der Waals surface area contributed by atoms with Crippen LogP contribution in [0, 0.1) is 17.1 Å². The molecule has 0 spiro atoms. The van der Waals surface area contributed by atoms with E-state index in [1.807, 2.05) is 30.3 Å². The van der Waals surface area contributed by atoms with Crippen LogP contribution in [0.15, 0.2) is 73.3 Å². The van der Waals surface area contributed by atoms with Gasteiger partial charge in [0.15, 0.2) is 0 Å². The van der Waals surface area contributed by atoms with Crippen molar-refractivity contribution >= 4 is 22.6 Å². The van der Waals surface area contributed by atoms with Gasteiger partial charge in [0.25, 0.3) is 5.91 Å². The van der Waals surface area contributed by atoms with Gasteiger partial charge in [-0.05, 0) is 43.0 Å². The summed E-state index contributed by atoms with van der Waals surface area (Å²) in [4.78, 5) is 24.5. The maximum Gasteiger partial charge on any atom is 0.252 e. The number of hydrogen-bond donors (Lipinski definition) is 3. The predicted octanol–water partition coefficient (Wildman–Crippen LogP) is 3.93. The van der Waals surface area contributed by atoms with Crippen LogP contribution in [-0.4, -0.2) is 25.4 Å². The SMILES string of the molecule is C=CC(=O)NCc1ccccc1C(=O)NC1(c2ccc3ccccc3c2F)CC1.CNCC#N. The molecule has 3 aromatic carbocycles. The molecule has 0 aliphatic heterocycles. The third-order valence-corrected chi connectivity index (χ3v) is 5.64. The number of nitrogens with one attached hydrogen (secondary N) is 3. The smallest absolute Gasteiger partial charge is 0.252 e. The highest BCUT2D eigenvalue weighted by atomic mass is 19.1. The van der Waals surface area contributed by atoms with Crippen LogP contribution in [0.1, 0.15) is 34.3 Å². The Kier molecular flexibility index (Phi) is 8.12. The first-order valence-electron chi connectivity index (χ1n) is 11.0. The molecular weight excluding hydrogens is 431 g/mol. The molecule has 1 aliphatic carbocycles. The van der Waals surface area contributed by atoms with Gasteiger partial charge in [-0.25, -0.2) is 4.39 Å². The van der Waals surface area contributed by atoms with Crippen LogP contribution in [0.25, 0.3) is 10.8 Å². The van der Waals surface area contributed by atoms with E-state index in [2.05, 4.69) is 22.5 Å². The number of carbonyl (C=O) groups excluding carboxylic acids is 2. The lowest BCUT2D eigenvalue weighted by molar-refractivity contribution is -0.116. The molecule has 7 heteroatoms. The fourth-order valence-corrected chi connectivity index (χ4v) is 3.70. The van der Waals surface area contributed by atoms with E-state index in [0.29, 0.717) is 41.5 Å². The zero-order chi connectivity index (χ0) is 24.6. The summed E-state index contributed by atoms with van der Waals surface area (Å²) in [5, 5.41) is 17.5. The average Bonchev–Trinajstić information content (AvgIpc) is 3.64. The summed E-state index contributed by atoms with van der Waals surface area (Å²) < 4.78 is 15.2. The van der Waals surface area contributed by atoms with Crippen molar-refractivity contribution in [1.82, 2.24) is 16.0 Å². The topological polar surface area (TPSA) is 94.0 Å². The molecule has 174 valence electrons. The highest BCUT2D eigenvalue weighted by Gasteiger charge is 2.47. The van der Waals surface area contributed by atoms with Gasteiger partial charge < -0.3 is 16.0 Å². The Hall–Kier alpha value is -4.02. The highest BCUT2D eigenvalue weighted by molar-refractivity contribution is 5.97. The number of hydrogen-bond acceptors (Lipinski definition) is 4. The highest BCUT2D eigenvalue weighted by Crippen LogP contribution is 2.47. The maximum absolute atomic E-state index is 15.2. The molecule has 0 bridgehead atoms. The summed E-state index contributed by atoms with van der Waals surface area (Å²) in [5.74, 6) is -0.872. The molecule has 0 unspecified atom stereocenters. The monoisotopic (exact) mass is 458 g/mol. The van der Waals surface area contributed by atoms with Crippen LogP contribution in [-0.2, 0) is 16.9 Å². The van der Waals surface area contributed by atoms with E-state index in [4.69, 9.17) is 5.26 Å². The normalized spacial score (nSPS) is 13.1. The molecule has 2 amide bonds. The van der Waals surface area contributed by atoms with E-state index < -0.39 is 5.54 Å². The number of nitriles is 1. The van der Waals surface area contributed by atoms with Gasteiger partial charge >= 0.3 is 0 Å². The molecule has 1 saturated carbocycles. The van der Waals surface area contributed by atoms with E-state index in [0.717, 1.165) is 5.39 Å². The molecule has 0 saturated heterocycles. The van der Waals surface area contributed by atoms with Crippen molar-refractivity contribution in [3.63, 3.8) is 0 Å². The molecule has 0 aromatic heterocycles. The molecule has 0 atom stereocenters. The van der Waals surface area contributed by atoms with Crippen LogP contribution in [0.2, 0.25) is 0 Å². The van der Waals surface area contributed by atoms with Gasteiger partial charge in [-0.3, -0.25) is 9.59 Å². The minimum absolute atomic E-state index is 0.214. The second kappa shape index (κ2) is 11.2. The second-order valence-electron chi connectivity index (χ2n) is 7.95. The quantitative estimate of drug-likeness (QED) is 0.369. The maximum atomic E-state index is 15.2. The Balaban J connectivity index is 0.000000588. The van der Waals surface area contributed by atoms with E-state index >= 15 is 4.39 Å². The van der Waals surface area contributed by atoms with Crippen LogP contribution in [0.5, 0.6) is 0 Å². The minimum atomic E-state index is -0.692. The third kappa shape index (κ3) is 5.66. The van der Waals surface area contributed by atoms with Gasteiger partial charge in [0.1, 0.15) is 5.82 Å². The fraction of sp³-hybridized carbons (Fsp3) is 0.222. The lowest BCUT2D eigenvalue weighted by atomic mass is 9.98. The predicted molar refractivity (Wildman–Crippen MR) is 130 cm³/mol. The van der Waals surface area contributed by atoms with Crippen molar-refractivity contribution in [2.75, 3.05) is 13.6 Å². The summed E-state index contributed by atoms with van der Waals surface area (Å²) >= 11 is 0. The Morgan fingerprint density at radius 3 is 2.47 bits per heavy atom.